The number of carbonyl (C=O) groups excluding carboxylic acids is 2. The fraction of sp³-hybridized carbons (Fsp3) is 0.167. The highest BCUT2D eigenvalue weighted by molar-refractivity contribution is 5.91. The average molecular weight is 507 g/mol. The number of hydrogen-bond donors (Lipinski definition) is 5. The van der Waals surface area contributed by atoms with Crippen LogP contribution in [0.2, 0.25) is 0 Å². The number of aromatic amines is 2. The predicted octanol–water partition coefficient (Wildman–Crippen LogP) is 3.47. The molecular weight excluding hydrogens is 476 g/mol. The zero-order valence-corrected chi connectivity index (χ0v) is 20.9. The van der Waals surface area contributed by atoms with E-state index in [1.807, 2.05) is 91.1 Å². The van der Waals surface area contributed by atoms with Crippen LogP contribution in [0.15, 0.2) is 97.3 Å². The molecule has 2 heterocycles. The number of rotatable bonds is 10. The van der Waals surface area contributed by atoms with Crippen molar-refractivity contribution in [2.75, 3.05) is 0 Å². The first-order valence-electron chi connectivity index (χ1n) is 12.6. The van der Waals surface area contributed by atoms with Crippen LogP contribution in [0.25, 0.3) is 22.3 Å². The van der Waals surface area contributed by atoms with Gasteiger partial charge in [-0.05, 0) is 23.6 Å². The predicted molar refractivity (Wildman–Crippen MR) is 148 cm³/mol. The fourth-order valence-electron chi connectivity index (χ4n) is 4.45. The molecule has 0 aliphatic heterocycles. The van der Waals surface area contributed by atoms with E-state index in [1.165, 1.54) is 0 Å². The van der Waals surface area contributed by atoms with Gasteiger partial charge < -0.3 is 26.3 Å². The van der Waals surface area contributed by atoms with Crippen LogP contribution >= 0.6 is 0 Å². The zero-order valence-electron chi connectivity index (χ0n) is 20.9. The van der Waals surface area contributed by atoms with Gasteiger partial charge in [-0.3, -0.25) is 9.59 Å². The summed E-state index contributed by atoms with van der Waals surface area (Å²) in [7, 11) is 0. The number of carbonyl (C=O) groups is 2. The third-order valence-electron chi connectivity index (χ3n) is 6.49. The van der Waals surface area contributed by atoms with E-state index in [1.54, 1.807) is 6.20 Å². The molecule has 6 N–H and O–H groups in total. The fourth-order valence-corrected chi connectivity index (χ4v) is 4.45. The summed E-state index contributed by atoms with van der Waals surface area (Å²) in [5.74, 6) is 0.0155. The highest BCUT2D eigenvalue weighted by atomic mass is 16.2. The largest absolute Gasteiger partial charge is 0.361 e. The lowest BCUT2D eigenvalue weighted by Gasteiger charge is -2.20. The van der Waals surface area contributed by atoms with Crippen LogP contribution in [-0.4, -0.2) is 38.8 Å². The van der Waals surface area contributed by atoms with Gasteiger partial charge in [-0.2, -0.15) is 0 Å². The van der Waals surface area contributed by atoms with Gasteiger partial charge in [-0.1, -0.05) is 78.9 Å². The minimum Gasteiger partial charge on any atom is -0.361 e. The van der Waals surface area contributed by atoms with Crippen molar-refractivity contribution in [3.05, 3.63) is 114 Å². The smallest absolute Gasteiger partial charge is 0.243 e. The summed E-state index contributed by atoms with van der Waals surface area (Å²) < 4.78 is 0. The van der Waals surface area contributed by atoms with Crippen molar-refractivity contribution in [2.24, 2.45) is 5.73 Å². The molecule has 0 radical (unpaired) electrons. The molecule has 8 nitrogen and oxygen atoms in total. The second-order valence-corrected chi connectivity index (χ2v) is 9.26. The number of fused-ring (bicyclic) bond motifs is 1. The van der Waals surface area contributed by atoms with Gasteiger partial charge >= 0.3 is 0 Å². The van der Waals surface area contributed by atoms with Crippen molar-refractivity contribution in [3.8, 4) is 11.4 Å². The van der Waals surface area contributed by atoms with Crippen LogP contribution in [0, 0.1) is 0 Å². The van der Waals surface area contributed by atoms with Crippen LogP contribution in [0.5, 0.6) is 0 Å². The highest BCUT2D eigenvalue weighted by Gasteiger charge is 2.25. The Morgan fingerprint density at radius 2 is 1.58 bits per heavy atom. The maximum absolute atomic E-state index is 13.2. The van der Waals surface area contributed by atoms with Gasteiger partial charge in [0.15, 0.2) is 0 Å². The van der Waals surface area contributed by atoms with E-state index in [2.05, 4.69) is 25.6 Å². The van der Waals surface area contributed by atoms with Gasteiger partial charge in [0.1, 0.15) is 11.9 Å². The molecule has 0 aliphatic rings. The van der Waals surface area contributed by atoms with Crippen molar-refractivity contribution < 1.29 is 9.59 Å². The Kier molecular flexibility index (Phi) is 7.61. The van der Waals surface area contributed by atoms with Gasteiger partial charge in [0.2, 0.25) is 11.8 Å². The van der Waals surface area contributed by atoms with E-state index < -0.39 is 18.0 Å². The summed E-state index contributed by atoms with van der Waals surface area (Å²) in [6.07, 6.45) is 4.15. The second kappa shape index (κ2) is 11.6. The zero-order chi connectivity index (χ0) is 26.3. The molecule has 0 fully saturated rings. The Morgan fingerprint density at radius 3 is 2.37 bits per heavy atom. The van der Waals surface area contributed by atoms with Crippen LogP contribution in [0.4, 0.5) is 0 Å². The van der Waals surface area contributed by atoms with E-state index >= 15 is 0 Å². The number of para-hydroxylation sites is 1. The third kappa shape index (κ3) is 5.99. The second-order valence-electron chi connectivity index (χ2n) is 9.26. The van der Waals surface area contributed by atoms with E-state index in [9.17, 15) is 9.59 Å². The molecule has 0 saturated carbocycles. The Labute approximate surface area is 220 Å². The highest BCUT2D eigenvalue weighted by Crippen LogP contribution is 2.19. The molecule has 0 bridgehead atoms. The maximum atomic E-state index is 13.2. The molecule has 0 saturated heterocycles. The number of nitrogens with one attached hydrogen (secondary N) is 4. The number of nitrogens with zero attached hydrogens (tertiary/aromatic N) is 1. The first-order chi connectivity index (χ1) is 18.6. The van der Waals surface area contributed by atoms with Crippen LogP contribution in [0.3, 0.4) is 0 Å². The molecule has 0 aliphatic carbocycles. The van der Waals surface area contributed by atoms with Gasteiger partial charge in [-0.15, -0.1) is 0 Å². The van der Waals surface area contributed by atoms with Gasteiger partial charge in [0.25, 0.3) is 0 Å². The Bertz CT molecular complexity index is 1510. The van der Waals surface area contributed by atoms with Crippen molar-refractivity contribution >= 4 is 22.7 Å². The van der Waals surface area contributed by atoms with Crippen molar-refractivity contribution in [1.82, 2.24) is 25.6 Å². The summed E-state index contributed by atoms with van der Waals surface area (Å²) in [5, 5.41) is 6.84. The first-order valence-corrected chi connectivity index (χ1v) is 12.6. The molecular formula is C30H30N6O2. The number of aromatic nitrogens is 3. The minimum absolute atomic E-state index is 0.242. The lowest BCUT2D eigenvalue weighted by atomic mass is 10.0. The maximum Gasteiger partial charge on any atom is 0.243 e. The first kappa shape index (κ1) is 25.0. The standard InChI is InChI=1S/C30H30N6O2/c31-25(15-22-18-32-26-14-8-7-13-24(22)26)29(37)36-27(30(38)34-17-20-9-3-1-4-10-20)16-23-19-33-28(35-23)21-11-5-2-6-12-21/h1-14,18-19,25,27,32H,15-17,31H2,(H,33,35)(H,34,38)(H,36,37)/t25-,27-/m0/s1. The van der Waals surface area contributed by atoms with Crippen molar-refractivity contribution in [1.29, 1.82) is 0 Å². The molecule has 0 spiro atoms. The normalized spacial score (nSPS) is 12.7. The number of H-pyrrole nitrogens is 2. The third-order valence-corrected chi connectivity index (χ3v) is 6.49. The molecule has 3 aromatic carbocycles. The molecule has 2 aromatic heterocycles. The minimum atomic E-state index is -0.829. The van der Waals surface area contributed by atoms with E-state index in [4.69, 9.17) is 5.73 Å². The molecule has 2 atom stereocenters. The summed E-state index contributed by atoms with van der Waals surface area (Å²) >= 11 is 0. The van der Waals surface area contributed by atoms with E-state index in [0.29, 0.717) is 18.8 Å². The molecule has 192 valence electrons. The molecule has 8 heteroatoms. The molecule has 0 unspecified atom stereocenters. The van der Waals surface area contributed by atoms with Crippen LogP contribution in [0.1, 0.15) is 16.8 Å². The number of amides is 2. The monoisotopic (exact) mass is 506 g/mol. The number of imidazole rings is 1. The summed E-state index contributed by atoms with van der Waals surface area (Å²) in [4.78, 5) is 37.3. The van der Waals surface area contributed by atoms with E-state index in [-0.39, 0.29) is 12.3 Å². The molecule has 5 aromatic rings. The lowest BCUT2D eigenvalue weighted by Crippen LogP contribution is -2.53. The Morgan fingerprint density at radius 1 is 0.868 bits per heavy atom. The summed E-state index contributed by atoms with van der Waals surface area (Å²) in [6.45, 7) is 0.353. The van der Waals surface area contributed by atoms with Crippen LogP contribution in [-0.2, 0) is 29.0 Å². The van der Waals surface area contributed by atoms with Crippen LogP contribution < -0.4 is 16.4 Å². The van der Waals surface area contributed by atoms with Crippen molar-refractivity contribution in [3.63, 3.8) is 0 Å². The van der Waals surface area contributed by atoms with Gasteiger partial charge in [0, 0.05) is 47.5 Å². The summed E-state index contributed by atoms with van der Waals surface area (Å²) in [5.41, 5.74) is 10.9. The Hall–Kier alpha value is -4.69. The lowest BCUT2D eigenvalue weighted by molar-refractivity contribution is -0.129. The topological polar surface area (TPSA) is 129 Å². The van der Waals surface area contributed by atoms with Gasteiger partial charge in [0.05, 0.1) is 6.04 Å². The summed E-state index contributed by atoms with van der Waals surface area (Å²) in [6, 6.07) is 25.6. The molecule has 2 amide bonds. The molecule has 5 rings (SSSR count). The number of benzene rings is 3. The van der Waals surface area contributed by atoms with Crippen molar-refractivity contribution in [2.45, 2.75) is 31.5 Å². The number of hydrogen-bond acceptors (Lipinski definition) is 4. The quantitative estimate of drug-likeness (QED) is 0.199. The van der Waals surface area contributed by atoms with Gasteiger partial charge in [-0.25, -0.2) is 4.98 Å². The Balaban J connectivity index is 1.29. The molecule has 38 heavy (non-hydrogen) atoms. The average Bonchev–Trinajstić information content (AvgIpc) is 3.60. The van der Waals surface area contributed by atoms with E-state index in [0.717, 1.165) is 33.3 Å². The number of nitrogens with two attached hydrogens (primary N) is 1. The SMILES string of the molecule is N[C@@H](Cc1c[nH]c2ccccc12)C(=O)N[C@@H](Cc1cnc(-c2ccccc2)[nH]1)C(=O)NCc1ccccc1.